The molecule has 1 aliphatic carbocycles. The summed E-state index contributed by atoms with van der Waals surface area (Å²) in [5.74, 6) is -1.89. The molecule has 24 heavy (non-hydrogen) atoms. The SMILES string of the molecule is O=C(O)C1CCC(C(=O)NCc2ccc(OC(F)(F)F)cc2)CC1. The van der Waals surface area contributed by atoms with E-state index in [4.69, 9.17) is 5.11 Å². The number of rotatable bonds is 5. The maximum atomic E-state index is 12.1. The Morgan fingerprint density at radius 3 is 2.12 bits per heavy atom. The Labute approximate surface area is 136 Å². The van der Waals surface area contributed by atoms with Gasteiger partial charge in [0.05, 0.1) is 5.92 Å². The van der Waals surface area contributed by atoms with Crippen molar-refractivity contribution in [3.63, 3.8) is 0 Å². The summed E-state index contributed by atoms with van der Waals surface area (Å²) in [4.78, 5) is 22.9. The average Bonchev–Trinajstić information content (AvgIpc) is 2.52. The summed E-state index contributed by atoms with van der Waals surface area (Å²) in [6.07, 6.45) is -2.71. The van der Waals surface area contributed by atoms with Gasteiger partial charge in [0.2, 0.25) is 5.91 Å². The van der Waals surface area contributed by atoms with Crippen LogP contribution in [0.4, 0.5) is 13.2 Å². The number of carbonyl (C=O) groups excluding carboxylic acids is 1. The first-order valence-electron chi connectivity index (χ1n) is 7.60. The fourth-order valence-electron chi connectivity index (χ4n) is 2.75. The van der Waals surface area contributed by atoms with Gasteiger partial charge in [0.15, 0.2) is 0 Å². The molecule has 0 saturated heterocycles. The Bertz CT molecular complexity index is 578. The van der Waals surface area contributed by atoms with Crippen molar-refractivity contribution in [1.82, 2.24) is 5.32 Å². The highest BCUT2D eigenvalue weighted by molar-refractivity contribution is 5.79. The third kappa shape index (κ3) is 5.43. The predicted octanol–water partition coefficient (Wildman–Crippen LogP) is 3.09. The molecule has 0 aromatic heterocycles. The van der Waals surface area contributed by atoms with Gasteiger partial charge in [0, 0.05) is 12.5 Å². The number of nitrogens with one attached hydrogen (secondary N) is 1. The Balaban J connectivity index is 1.79. The number of carboxylic acid groups (broad SMARTS) is 1. The average molecular weight is 345 g/mol. The molecule has 1 fully saturated rings. The molecule has 1 aromatic rings. The summed E-state index contributed by atoms with van der Waals surface area (Å²) < 4.78 is 40.0. The Morgan fingerprint density at radius 2 is 1.62 bits per heavy atom. The first kappa shape index (κ1) is 18.1. The van der Waals surface area contributed by atoms with Gasteiger partial charge in [-0.3, -0.25) is 9.59 Å². The molecule has 1 aliphatic rings. The standard InChI is InChI=1S/C16H18F3NO4/c17-16(18,19)24-13-7-1-10(2-8-13)9-20-14(21)11-3-5-12(6-4-11)15(22)23/h1-2,7-8,11-12H,3-6,9H2,(H,20,21)(H,22,23). The zero-order valence-electron chi connectivity index (χ0n) is 12.8. The lowest BCUT2D eigenvalue weighted by molar-refractivity contribution is -0.274. The molecule has 0 spiro atoms. The Hall–Kier alpha value is -2.25. The predicted molar refractivity (Wildman–Crippen MR) is 78.1 cm³/mol. The molecule has 2 rings (SSSR count). The number of benzene rings is 1. The summed E-state index contributed by atoms with van der Waals surface area (Å²) in [5, 5.41) is 11.7. The minimum atomic E-state index is -4.73. The molecular weight excluding hydrogens is 327 g/mol. The molecule has 8 heteroatoms. The van der Waals surface area contributed by atoms with E-state index >= 15 is 0 Å². The van der Waals surface area contributed by atoms with E-state index in [-0.39, 0.29) is 30.0 Å². The van der Waals surface area contributed by atoms with Gasteiger partial charge >= 0.3 is 12.3 Å². The van der Waals surface area contributed by atoms with Crippen LogP contribution in [0.15, 0.2) is 24.3 Å². The fourth-order valence-corrected chi connectivity index (χ4v) is 2.75. The van der Waals surface area contributed by atoms with Crippen molar-refractivity contribution in [1.29, 1.82) is 0 Å². The lowest BCUT2D eigenvalue weighted by Gasteiger charge is -2.25. The van der Waals surface area contributed by atoms with Crippen LogP contribution in [0.1, 0.15) is 31.2 Å². The van der Waals surface area contributed by atoms with Crippen molar-refractivity contribution in [3.8, 4) is 5.75 Å². The van der Waals surface area contributed by atoms with Gasteiger partial charge < -0.3 is 15.2 Å². The third-order valence-electron chi connectivity index (χ3n) is 4.07. The van der Waals surface area contributed by atoms with Gasteiger partial charge in [-0.15, -0.1) is 13.2 Å². The molecule has 0 bridgehead atoms. The first-order chi connectivity index (χ1) is 11.2. The number of amides is 1. The topological polar surface area (TPSA) is 75.6 Å². The van der Waals surface area contributed by atoms with Crippen LogP contribution in [-0.2, 0) is 16.1 Å². The summed E-state index contributed by atoms with van der Waals surface area (Å²) >= 11 is 0. The van der Waals surface area contributed by atoms with Gasteiger partial charge in [0.1, 0.15) is 5.75 Å². The number of carbonyl (C=O) groups is 2. The lowest BCUT2D eigenvalue weighted by Crippen LogP contribution is -2.34. The first-order valence-corrected chi connectivity index (χ1v) is 7.60. The van der Waals surface area contributed by atoms with E-state index in [1.54, 1.807) is 0 Å². The molecule has 2 N–H and O–H groups in total. The van der Waals surface area contributed by atoms with Crippen molar-refractivity contribution in [2.75, 3.05) is 0 Å². The molecule has 5 nitrogen and oxygen atoms in total. The number of ether oxygens (including phenoxy) is 1. The van der Waals surface area contributed by atoms with Crippen LogP contribution >= 0.6 is 0 Å². The number of hydrogen-bond donors (Lipinski definition) is 2. The Kier molecular flexibility index (Phi) is 5.69. The molecule has 0 unspecified atom stereocenters. The summed E-state index contributed by atoms with van der Waals surface area (Å²) in [6, 6.07) is 5.27. The van der Waals surface area contributed by atoms with E-state index < -0.39 is 12.3 Å². The van der Waals surface area contributed by atoms with Gasteiger partial charge in [-0.1, -0.05) is 12.1 Å². The van der Waals surface area contributed by atoms with Gasteiger partial charge in [-0.2, -0.15) is 0 Å². The molecule has 1 saturated carbocycles. The maximum Gasteiger partial charge on any atom is 0.573 e. The number of aliphatic carboxylic acids is 1. The molecule has 1 aromatic carbocycles. The Morgan fingerprint density at radius 1 is 1.08 bits per heavy atom. The zero-order chi connectivity index (χ0) is 17.7. The number of hydrogen-bond acceptors (Lipinski definition) is 3. The molecule has 0 radical (unpaired) electrons. The number of carboxylic acids is 1. The quantitative estimate of drug-likeness (QED) is 0.860. The molecule has 132 valence electrons. The number of alkyl halides is 3. The van der Waals surface area contributed by atoms with E-state index in [0.717, 1.165) is 0 Å². The fraction of sp³-hybridized carbons (Fsp3) is 0.500. The zero-order valence-corrected chi connectivity index (χ0v) is 12.8. The summed E-state index contributed by atoms with van der Waals surface area (Å²) in [5.41, 5.74) is 0.650. The van der Waals surface area contributed by atoms with Crippen molar-refractivity contribution >= 4 is 11.9 Å². The van der Waals surface area contributed by atoms with Gasteiger partial charge in [-0.25, -0.2) is 0 Å². The summed E-state index contributed by atoms with van der Waals surface area (Å²) in [7, 11) is 0. The molecule has 0 atom stereocenters. The van der Waals surface area contributed by atoms with Gasteiger partial charge in [-0.05, 0) is 43.4 Å². The second-order valence-corrected chi connectivity index (χ2v) is 5.80. The molecular formula is C16H18F3NO4. The van der Waals surface area contributed by atoms with E-state index in [1.165, 1.54) is 24.3 Å². The van der Waals surface area contributed by atoms with Crippen LogP contribution in [0.2, 0.25) is 0 Å². The van der Waals surface area contributed by atoms with Crippen molar-refractivity contribution in [2.24, 2.45) is 11.8 Å². The van der Waals surface area contributed by atoms with Crippen LogP contribution in [-0.4, -0.2) is 23.3 Å². The highest BCUT2D eigenvalue weighted by Crippen LogP contribution is 2.29. The molecule has 0 aliphatic heterocycles. The lowest BCUT2D eigenvalue weighted by atomic mass is 9.81. The number of halogens is 3. The third-order valence-corrected chi connectivity index (χ3v) is 4.07. The van der Waals surface area contributed by atoms with E-state index in [1.807, 2.05) is 0 Å². The van der Waals surface area contributed by atoms with Crippen LogP contribution in [0.25, 0.3) is 0 Å². The largest absolute Gasteiger partial charge is 0.573 e. The van der Waals surface area contributed by atoms with E-state index in [2.05, 4.69) is 10.1 Å². The van der Waals surface area contributed by atoms with Crippen LogP contribution in [0, 0.1) is 11.8 Å². The van der Waals surface area contributed by atoms with Crippen LogP contribution < -0.4 is 10.1 Å². The minimum absolute atomic E-state index is 0.158. The van der Waals surface area contributed by atoms with E-state index in [9.17, 15) is 22.8 Å². The van der Waals surface area contributed by atoms with E-state index in [0.29, 0.717) is 31.2 Å². The second kappa shape index (κ2) is 7.55. The summed E-state index contributed by atoms with van der Waals surface area (Å²) in [6.45, 7) is 0.198. The normalized spacial score (nSPS) is 21.1. The molecule has 0 heterocycles. The maximum absolute atomic E-state index is 12.1. The van der Waals surface area contributed by atoms with Gasteiger partial charge in [0.25, 0.3) is 0 Å². The van der Waals surface area contributed by atoms with Crippen molar-refractivity contribution < 1.29 is 32.6 Å². The van der Waals surface area contributed by atoms with Crippen molar-refractivity contribution in [3.05, 3.63) is 29.8 Å². The monoisotopic (exact) mass is 345 g/mol. The highest BCUT2D eigenvalue weighted by atomic mass is 19.4. The van der Waals surface area contributed by atoms with Crippen LogP contribution in [0.3, 0.4) is 0 Å². The van der Waals surface area contributed by atoms with Crippen molar-refractivity contribution in [2.45, 2.75) is 38.6 Å². The van der Waals surface area contributed by atoms with Crippen LogP contribution in [0.5, 0.6) is 5.75 Å². The smallest absolute Gasteiger partial charge is 0.481 e. The minimum Gasteiger partial charge on any atom is -0.481 e. The molecule has 1 amide bonds. The second-order valence-electron chi connectivity index (χ2n) is 5.80. The highest BCUT2D eigenvalue weighted by Gasteiger charge is 2.31.